The van der Waals surface area contributed by atoms with E-state index in [4.69, 9.17) is 5.11 Å². The molecule has 7 heteroatoms. The molecule has 1 aliphatic carbocycles. The zero-order valence-corrected chi connectivity index (χ0v) is 10.6. The molecule has 1 amide bonds. The van der Waals surface area contributed by atoms with Crippen LogP contribution in [0.4, 0.5) is 10.7 Å². The number of carbonyl (C=O) groups is 1. The van der Waals surface area contributed by atoms with E-state index in [1.807, 2.05) is 18.4 Å². The fourth-order valence-corrected chi connectivity index (χ4v) is 2.05. The first-order valence-electron chi connectivity index (χ1n) is 5.47. The van der Waals surface area contributed by atoms with E-state index in [1.54, 1.807) is 24.2 Å². The smallest absolute Gasteiger partial charge is 0.405 e. The average Bonchev–Trinajstić information content (AvgIpc) is 2.76. The lowest BCUT2D eigenvalue weighted by Crippen LogP contribution is -2.32. The molecule has 1 aromatic heterocycles. The Hall–Kier alpha value is -1.76. The number of nitrogens with one attached hydrogen (secondary N) is 2. The summed E-state index contributed by atoms with van der Waals surface area (Å²) in [7, 11) is 0. The van der Waals surface area contributed by atoms with Crippen LogP contribution in [0.2, 0.25) is 0 Å². The van der Waals surface area contributed by atoms with Crippen LogP contribution in [0.3, 0.4) is 0 Å². The third-order valence-corrected chi connectivity index (χ3v) is 3.25. The minimum Gasteiger partial charge on any atom is -0.465 e. The van der Waals surface area contributed by atoms with Gasteiger partial charge in [0.25, 0.3) is 0 Å². The first-order valence-corrected chi connectivity index (χ1v) is 6.70. The van der Waals surface area contributed by atoms with E-state index in [9.17, 15) is 4.79 Å². The molecule has 96 valence electrons. The van der Waals surface area contributed by atoms with Crippen molar-refractivity contribution in [3.63, 3.8) is 0 Å². The summed E-state index contributed by atoms with van der Waals surface area (Å²) >= 11 is 1.59. The lowest BCUT2D eigenvalue weighted by molar-refractivity contribution is 0.192. The minimum absolute atomic E-state index is 0.0574. The van der Waals surface area contributed by atoms with Crippen LogP contribution < -0.4 is 10.6 Å². The molecular formula is C11H14N4O2S. The Bertz CT molecular complexity index is 449. The van der Waals surface area contributed by atoms with Crippen LogP contribution in [-0.2, 0) is 0 Å². The summed E-state index contributed by atoms with van der Waals surface area (Å²) in [6.45, 7) is 0. The Morgan fingerprint density at radius 2 is 2.06 bits per heavy atom. The number of anilines is 1. The topological polar surface area (TPSA) is 87.1 Å². The zero-order valence-electron chi connectivity index (χ0n) is 9.83. The van der Waals surface area contributed by atoms with Crippen LogP contribution >= 0.6 is 11.8 Å². The third kappa shape index (κ3) is 3.36. The highest BCUT2D eigenvalue weighted by Crippen LogP contribution is 2.16. The number of hydrogen-bond donors (Lipinski definition) is 3. The van der Waals surface area contributed by atoms with Gasteiger partial charge in [0.15, 0.2) is 0 Å². The van der Waals surface area contributed by atoms with E-state index in [1.165, 1.54) is 0 Å². The maximum Gasteiger partial charge on any atom is 0.405 e. The van der Waals surface area contributed by atoms with Crippen LogP contribution in [0.15, 0.2) is 29.4 Å². The average molecular weight is 266 g/mol. The molecule has 0 saturated carbocycles. The molecule has 0 spiro atoms. The molecule has 1 heterocycles. The largest absolute Gasteiger partial charge is 0.465 e. The van der Waals surface area contributed by atoms with Gasteiger partial charge in [-0.25, -0.2) is 14.8 Å². The van der Waals surface area contributed by atoms with Crippen molar-refractivity contribution >= 4 is 23.8 Å². The number of carboxylic acid groups (broad SMARTS) is 1. The first kappa shape index (κ1) is 12.7. The fraction of sp³-hybridized carbons (Fsp3) is 0.364. The van der Waals surface area contributed by atoms with E-state index in [0.29, 0.717) is 12.4 Å². The van der Waals surface area contributed by atoms with Gasteiger partial charge in [-0.2, -0.15) is 0 Å². The van der Waals surface area contributed by atoms with Gasteiger partial charge in [-0.3, -0.25) is 0 Å². The summed E-state index contributed by atoms with van der Waals surface area (Å²) in [5.41, 5.74) is 0. The Labute approximate surface area is 109 Å². The Morgan fingerprint density at radius 3 is 2.67 bits per heavy atom. The molecule has 0 bridgehead atoms. The molecule has 6 nitrogen and oxygen atoms in total. The summed E-state index contributed by atoms with van der Waals surface area (Å²) in [5, 5.41) is 14.2. The summed E-state index contributed by atoms with van der Waals surface area (Å²) in [5.74, 6) is 0.554. The molecule has 0 aliphatic heterocycles. The summed E-state index contributed by atoms with van der Waals surface area (Å²) in [6, 6.07) is -0.0903. The van der Waals surface area contributed by atoms with Crippen LogP contribution in [0.25, 0.3) is 0 Å². The van der Waals surface area contributed by atoms with Crippen molar-refractivity contribution in [2.75, 3.05) is 11.6 Å². The van der Waals surface area contributed by atoms with Crippen LogP contribution in [0.1, 0.15) is 6.42 Å². The molecule has 18 heavy (non-hydrogen) atoms. The second-order valence-corrected chi connectivity index (χ2v) is 4.75. The summed E-state index contributed by atoms with van der Waals surface area (Å²) < 4.78 is 0. The van der Waals surface area contributed by atoms with Gasteiger partial charge in [-0.1, -0.05) is 12.2 Å². The lowest BCUT2D eigenvalue weighted by atomic mass is 10.2. The van der Waals surface area contributed by atoms with Crippen molar-refractivity contribution in [2.45, 2.75) is 23.4 Å². The second kappa shape index (κ2) is 5.72. The van der Waals surface area contributed by atoms with Gasteiger partial charge in [0.2, 0.25) is 5.95 Å². The molecule has 2 atom stereocenters. The third-order valence-electron chi connectivity index (χ3n) is 2.57. The fourth-order valence-electron chi connectivity index (χ4n) is 1.73. The molecule has 0 unspecified atom stereocenters. The van der Waals surface area contributed by atoms with Gasteiger partial charge in [0, 0.05) is 23.3 Å². The highest BCUT2D eigenvalue weighted by Gasteiger charge is 2.20. The first-order chi connectivity index (χ1) is 8.67. The van der Waals surface area contributed by atoms with Crippen molar-refractivity contribution in [1.82, 2.24) is 15.3 Å². The number of hydrogen-bond acceptors (Lipinski definition) is 5. The number of amides is 1. The van der Waals surface area contributed by atoms with Gasteiger partial charge in [0.1, 0.15) is 0 Å². The number of rotatable bonds is 4. The van der Waals surface area contributed by atoms with Crippen molar-refractivity contribution in [3.8, 4) is 0 Å². The summed E-state index contributed by atoms with van der Waals surface area (Å²) in [4.78, 5) is 19.9. The molecular weight excluding hydrogens is 252 g/mol. The SMILES string of the molecule is CSc1cnc(N[C@H]2C=C[C@H](NC(=O)O)C2)nc1. The van der Waals surface area contributed by atoms with Gasteiger partial charge in [0.05, 0.1) is 6.04 Å². The Kier molecular flexibility index (Phi) is 4.03. The number of thioether (sulfide) groups is 1. The number of nitrogens with zero attached hydrogens (tertiary/aromatic N) is 2. The minimum atomic E-state index is -1.01. The van der Waals surface area contributed by atoms with Crippen molar-refractivity contribution < 1.29 is 9.90 Å². The predicted molar refractivity (Wildman–Crippen MR) is 69.9 cm³/mol. The Balaban J connectivity index is 1.87. The van der Waals surface area contributed by atoms with E-state index < -0.39 is 6.09 Å². The predicted octanol–water partition coefficient (Wildman–Crippen LogP) is 1.58. The maximum atomic E-state index is 10.5. The highest BCUT2D eigenvalue weighted by atomic mass is 32.2. The van der Waals surface area contributed by atoms with Gasteiger partial charge < -0.3 is 15.7 Å². The summed E-state index contributed by atoms with van der Waals surface area (Å²) in [6.07, 6.45) is 8.89. The van der Waals surface area contributed by atoms with Crippen LogP contribution in [0.5, 0.6) is 0 Å². The molecule has 0 aromatic carbocycles. The standard InChI is InChI=1S/C11H14N4O2S/c1-18-9-5-12-10(13-6-9)14-7-2-3-8(4-7)15-11(16)17/h2-3,5-8,15H,4H2,1H3,(H,16,17)(H,12,13,14)/t7-,8-/m0/s1. The molecule has 1 aliphatic rings. The van der Waals surface area contributed by atoms with Gasteiger partial charge in [-0.05, 0) is 12.7 Å². The lowest BCUT2D eigenvalue weighted by Gasteiger charge is -2.13. The maximum absolute atomic E-state index is 10.5. The van der Waals surface area contributed by atoms with E-state index in [0.717, 1.165) is 4.90 Å². The normalized spacial score (nSPS) is 21.8. The van der Waals surface area contributed by atoms with Gasteiger partial charge >= 0.3 is 6.09 Å². The number of aromatic nitrogens is 2. The molecule has 0 radical (unpaired) electrons. The molecule has 0 fully saturated rings. The molecule has 3 N–H and O–H groups in total. The quantitative estimate of drug-likeness (QED) is 0.566. The van der Waals surface area contributed by atoms with Crippen molar-refractivity contribution in [2.24, 2.45) is 0 Å². The van der Waals surface area contributed by atoms with E-state index in [2.05, 4.69) is 20.6 Å². The van der Waals surface area contributed by atoms with E-state index >= 15 is 0 Å². The second-order valence-electron chi connectivity index (χ2n) is 3.87. The Morgan fingerprint density at radius 1 is 1.39 bits per heavy atom. The molecule has 0 saturated heterocycles. The zero-order chi connectivity index (χ0) is 13.0. The molecule has 2 rings (SSSR count). The van der Waals surface area contributed by atoms with Gasteiger partial charge in [-0.15, -0.1) is 11.8 Å². The molecule has 1 aromatic rings. The van der Waals surface area contributed by atoms with Crippen LogP contribution in [0, 0.1) is 0 Å². The van der Waals surface area contributed by atoms with Crippen LogP contribution in [-0.4, -0.2) is 39.5 Å². The van der Waals surface area contributed by atoms with Crippen molar-refractivity contribution in [3.05, 3.63) is 24.5 Å². The highest BCUT2D eigenvalue weighted by molar-refractivity contribution is 7.98. The van der Waals surface area contributed by atoms with Crippen molar-refractivity contribution in [1.29, 1.82) is 0 Å². The monoisotopic (exact) mass is 266 g/mol. The van der Waals surface area contributed by atoms with E-state index in [-0.39, 0.29) is 12.1 Å².